The molecule has 0 saturated heterocycles. The number of carboxylic acid groups (broad SMARTS) is 1. The highest BCUT2D eigenvalue weighted by atomic mass is 16.4. The summed E-state index contributed by atoms with van der Waals surface area (Å²) in [4.78, 5) is 9.78. The zero-order valence-electron chi connectivity index (χ0n) is 4.87. The summed E-state index contributed by atoms with van der Waals surface area (Å²) in [6, 6.07) is 0. The van der Waals surface area contributed by atoms with Crippen LogP contribution >= 0.6 is 0 Å². The summed E-state index contributed by atoms with van der Waals surface area (Å²) in [5.74, 6) is -1.05. The first-order valence-electron chi connectivity index (χ1n) is 2.39. The summed E-state index contributed by atoms with van der Waals surface area (Å²) in [6.07, 6.45) is 2.48. The van der Waals surface area contributed by atoms with Crippen LogP contribution in [0.2, 0.25) is 0 Å². The topological polar surface area (TPSA) is 57.5 Å². The van der Waals surface area contributed by atoms with Crippen LogP contribution in [-0.4, -0.2) is 16.2 Å². The van der Waals surface area contributed by atoms with Gasteiger partial charge in [0.2, 0.25) is 0 Å². The SMILES string of the molecule is C=C(O)C/C=C/C(=O)O. The molecule has 0 aromatic heterocycles. The van der Waals surface area contributed by atoms with E-state index in [0.717, 1.165) is 6.08 Å². The van der Waals surface area contributed by atoms with Crippen LogP contribution in [0, 0.1) is 0 Å². The van der Waals surface area contributed by atoms with Gasteiger partial charge in [-0.1, -0.05) is 12.7 Å². The van der Waals surface area contributed by atoms with Gasteiger partial charge in [0, 0.05) is 12.5 Å². The molecule has 0 fully saturated rings. The maximum absolute atomic E-state index is 9.78. The van der Waals surface area contributed by atoms with Gasteiger partial charge in [-0.3, -0.25) is 0 Å². The third kappa shape index (κ3) is 6.75. The molecule has 0 saturated carbocycles. The standard InChI is InChI=1S/C6H8O3/c1-5(7)3-2-4-6(8)9/h2,4,7H,1,3H2,(H,8,9)/b4-2+. The van der Waals surface area contributed by atoms with E-state index in [1.807, 2.05) is 0 Å². The molecule has 0 atom stereocenters. The van der Waals surface area contributed by atoms with Gasteiger partial charge in [0.15, 0.2) is 0 Å². The number of carboxylic acids is 1. The highest BCUT2D eigenvalue weighted by Gasteiger charge is 1.85. The molecule has 9 heavy (non-hydrogen) atoms. The van der Waals surface area contributed by atoms with E-state index in [1.165, 1.54) is 6.08 Å². The average molecular weight is 128 g/mol. The molecule has 0 aliphatic rings. The summed E-state index contributed by atoms with van der Waals surface area (Å²) in [6.45, 7) is 3.16. The minimum Gasteiger partial charge on any atom is -0.513 e. The first-order chi connectivity index (χ1) is 4.13. The molecule has 0 spiro atoms. The molecule has 0 aromatic rings. The number of allylic oxidation sites excluding steroid dienone is 1. The predicted molar refractivity (Wildman–Crippen MR) is 33.2 cm³/mol. The Labute approximate surface area is 52.9 Å². The van der Waals surface area contributed by atoms with Crippen molar-refractivity contribution in [3.05, 3.63) is 24.5 Å². The van der Waals surface area contributed by atoms with Gasteiger partial charge in [-0.25, -0.2) is 4.79 Å². The van der Waals surface area contributed by atoms with Gasteiger partial charge < -0.3 is 10.2 Å². The number of rotatable bonds is 3. The molecule has 0 amide bonds. The Morgan fingerprint density at radius 3 is 2.44 bits per heavy atom. The van der Waals surface area contributed by atoms with E-state index in [1.54, 1.807) is 0 Å². The molecule has 3 nitrogen and oxygen atoms in total. The molecule has 0 aliphatic carbocycles. The molecular weight excluding hydrogens is 120 g/mol. The fourth-order valence-corrected chi connectivity index (χ4v) is 0.296. The van der Waals surface area contributed by atoms with Crippen LogP contribution in [0.1, 0.15) is 6.42 Å². The van der Waals surface area contributed by atoms with Gasteiger partial charge in [-0.05, 0) is 0 Å². The van der Waals surface area contributed by atoms with Gasteiger partial charge in [-0.15, -0.1) is 0 Å². The number of aliphatic hydroxyl groups is 1. The molecule has 50 valence electrons. The first kappa shape index (κ1) is 7.75. The largest absolute Gasteiger partial charge is 0.513 e. The van der Waals surface area contributed by atoms with E-state index in [9.17, 15) is 4.79 Å². The van der Waals surface area contributed by atoms with Crippen molar-refractivity contribution in [2.45, 2.75) is 6.42 Å². The fraction of sp³-hybridized carbons (Fsp3) is 0.167. The zero-order valence-corrected chi connectivity index (χ0v) is 4.87. The molecule has 0 aromatic carbocycles. The smallest absolute Gasteiger partial charge is 0.327 e. The lowest BCUT2D eigenvalue weighted by Crippen LogP contribution is -1.85. The van der Waals surface area contributed by atoms with Crippen LogP contribution < -0.4 is 0 Å². The summed E-state index contributed by atoms with van der Waals surface area (Å²) >= 11 is 0. The van der Waals surface area contributed by atoms with Crippen molar-refractivity contribution in [1.29, 1.82) is 0 Å². The summed E-state index contributed by atoms with van der Waals surface area (Å²) in [5, 5.41) is 16.5. The van der Waals surface area contributed by atoms with E-state index in [4.69, 9.17) is 10.2 Å². The van der Waals surface area contributed by atoms with Crippen molar-refractivity contribution in [3.8, 4) is 0 Å². The Morgan fingerprint density at radius 2 is 2.11 bits per heavy atom. The third-order valence-electron chi connectivity index (χ3n) is 0.614. The Morgan fingerprint density at radius 1 is 1.56 bits per heavy atom. The lowest BCUT2D eigenvalue weighted by Gasteiger charge is -1.85. The number of carbonyl (C=O) groups is 1. The summed E-state index contributed by atoms with van der Waals surface area (Å²) in [7, 11) is 0. The van der Waals surface area contributed by atoms with Crippen LogP contribution in [-0.2, 0) is 4.79 Å². The number of hydrogen-bond donors (Lipinski definition) is 2. The van der Waals surface area contributed by atoms with Crippen molar-refractivity contribution in [2.75, 3.05) is 0 Å². The monoisotopic (exact) mass is 128 g/mol. The zero-order chi connectivity index (χ0) is 7.28. The van der Waals surface area contributed by atoms with Gasteiger partial charge in [0.25, 0.3) is 0 Å². The molecule has 3 heteroatoms. The maximum atomic E-state index is 9.78. The van der Waals surface area contributed by atoms with Crippen molar-refractivity contribution in [3.63, 3.8) is 0 Å². The van der Waals surface area contributed by atoms with E-state index in [0.29, 0.717) is 0 Å². The summed E-state index contributed by atoms with van der Waals surface area (Å²) < 4.78 is 0. The van der Waals surface area contributed by atoms with E-state index in [2.05, 4.69) is 6.58 Å². The second-order valence-electron chi connectivity index (χ2n) is 1.51. The van der Waals surface area contributed by atoms with E-state index in [-0.39, 0.29) is 12.2 Å². The van der Waals surface area contributed by atoms with E-state index >= 15 is 0 Å². The van der Waals surface area contributed by atoms with Crippen LogP contribution in [0.5, 0.6) is 0 Å². The van der Waals surface area contributed by atoms with Gasteiger partial charge in [0.05, 0.1) is 5.76 Å². The minimum atomic E-state index is -1.02. The van der Waals surface area contributed by atoms with Crippen LogP contribution in [0.25, 0.3) is 0 Å². The lowest BCUT2D eigenvalue weighted by atomic mass is 10.3. The molecule has 0 unspecified atom stereocenters. The van der Waals surface area contributed by atoms with Crippen molar-refractivity contribution >= 4 is 5.97 Å². The third-order valence-corrected chi connectivity index (χ3v) is 0.614. The van der Waals surface area contributed by atoms with Gasteiger partial charge in [0.1, 0.15) is 0 Å². The fourth-order valence-electron chi connectivity index (χ4n) is 0.296. The average Bonchev–Trinajstić information content (AvgIpc) is 1.63. The van der Waals surface area contributed by atoms with Crippen molar-refractivity contribution < 1.29 is 15.0 Å². The van der Waals surface area contributed by atoms with Gasteiger partial charge in [-0.2, -0.15) is 0 Å². The predicted octanol–water partition coefficient (Wildman–Crippen LogP) is 1.09. The highest BCUT2D eigenvalue weighted by Crippen LogP contribution is 1.91. The highest BCUT2D eigenvalue weighted by molar-refractivity contribution is 5.79. The number of aliphatic carboxylic acids is 1. The second-order valence-corrected chi connectivity index (χ2v) is 1.51. The molecule has 0 radical (unpaired) electrons. The quantitative estimate of drug-likeness (QED) is 0.441. The van der Waals surface area contributed by atoms with Crippen molar-refractivity contribution in [1.82, 2.24) is 0 Å². The number of hydrogen-bond acceptors (Lipinski definition) is 2. The first-order valence-corrected chi connectivity index (χ1v) is 2.39. The molecule has 0 bridgehead atoms. The minimum absolute atomic E-state index is 0.0347. The number of aliphatic hydroxyl groups excluding tert-OH is 1. The Hall–Kier alpha value is -1.25. The molecule has 0 rings (SSSR count). The Bertz CT molecular complexity index is 146. The maximum Gasteiger partial charge on any atom is 0.327 e. The normalized spacial score (nSPS) is 9.78. The van der Waals surface area contributed by atoms with Crippen LogP contribution in [0.3, 0.4) is 0 Å². The lowest BCUT2D eigenvalue weighted by molar-refractivity contribution is -0.131. The van der Waals surface area contributed by atoms with Crippen LogP contribution in [0.15, 0.2) is 24.5 Å². The molecule has 2 N–H and O–H groups in total. The molecule has 0 aliphatic heterocycles. The molecular formula is C6H8O3. The Kier molecular flexibility index (Phi) is 3.20. The van der Waals surface area contributed by atoms with E-state index < -0.39 is 5.97 Å². The van der Waals surface area contributed by atoms with Gasteiger partial charge >= 0.3 is 5.97 Å². The summed E-state index contributed by atoms with van der Waals surface area (Å²) in [5.41, 5.74) is 0. The second kappa shape index (κ2) is 3.72. The van der Waals surface area contributed by atoms with Crippen molar-refractivity contribution in [2.24, 2.45) is 0 Å². The molecule has 0 heterocycles. The Balaban J connectivity index is 3.48. The van der Waals surface area contributed by atoms with Crippen LogP contribution in [0.4, 0.5) is 0 Å².